The number of amides is 4. The largest absolute Gasteiger partial charge is 0.370 e. The van der Waals surface area contributed by atoms with Crippen LogP contribution in [0.25, 0.3) is 0 Å². The summed E-state index contributed by atoms with van der Waals surface area (Å²) in [7, 11) is 0. The van der Waals surface area contributed by atoms with Crippen LogP contribution in [0.1, 0.15) is 31.1 Å². The van der Waals surface area contributed by atoms with Gasteiger partial charge in [0, 0.05) is 33.4 Å². The summed E-state index contributed by atoms with van der Waals surface area (Å²) in [5.41, 5.74) is 7.48. The molecule has 0 radical (unpaired) electrons. The number of benzene rings is 3. The lowest BCUT2D eigenvalue weighted by molar-refractivity contribution is -0.125. The summed E-state index contributed by atoms with van der Waals surface area (Å²) in [5.74, 6) is -1.67. The second-order valence-corrected chi connectivity index (χ2v) is 8.60. The van der Waals surface area contributed by atoms with E-state index in [4.69, 9.17) is 10.5 Å². The summed E-state index contributed by atoms with van der Waals surface area (Å²) >= 11 is 3.32. The Morgan fingerprint density at radius 1 is 0.829 bits per heavy atom. The molecule has 178 valence electrons. The first kappa shape index (κ1) is 24.1. The maximum Gasteiger partial charge on any atom is 0.255 e. The second-order valence-electron chi connectivity index (χ2n) is 7.68. The van der Waals surface area contributed by atoms with Crippen LogP contribution in [0.3, 0.4) is 0 Å². The lowest BCUT2D eigenvalue weighted by Gasteiger charge is -2.26. The van der Waals surface area contributed by atoms with E-state index in [-0.39, 0.29) is 29.5 Å². The van der Waals surface area contributed by atoms with Gasteiger partial charge in [0.1, 0.15) is 6.61 Å². The maximum atomic E-state index is 12.9. The first-order chi connectivity index (χ1) is 16.8. The van der Waals surface area contributed by atoms with E-state index >= 15 is 0 Å². The third-order valence-corrected chi connectivity index (χ3v) is 5.86. The molecule has 0 saturated carbocycles. The van der Waals surface area contributed by atoms with Gasteiger partial charge in [-0.2, -0.15) is 0 Å². The fourth-order valence-electron chi connectivity index (χ4n) is 3.48. The lowest BCUT2D eigenvalue weighted by Crippen LogP contribution is -2.41. The highest BCUT2D eigenvalue weighted by Gasteiger charge is 2.21. The number of hydrogen-bond donors (Lipinski definition) is 3. The van der Waals surface area contributed by atoms with Crippen molar-refractivity contribution in [3.8, 4) is 0 Å². The van der Waals surface area contributed by atoms with Gasteiger partial charge in [-0.15, -0.1) is 0 Å². The number of carbonyl (C=O) groups excluding carboxylic acids is 4. The highest BCUT2D eigenvalue weighted by molar-refractivity contribution is 9.10. The zero-order chi connectivity index (χ0) is 24.9. The van der Waals surface area contributed by atoms with Crippen LogP contribution in [0, 0.1) is 0 Å². The van der Waals surface area contributed by atoms with Crippen molar-refractivity contribution in [3.63, 3.8) is 0 Å². The minimum Gasteiger partial charge on any atom is -0.370 e. The Balaban J connectivity index is 1.54. The van der Waals surface area contributed by atoms with Gasteiger partial charge in [-0.25, -0.2) is 0 Å². The SMILES string of the molecule is NC(=O)c1ccc(NC(=O)c2ccc(N3CCOCC3=O)cc2)c(NC(=O)c2ccc(Br)cc2)c1. The molecule has 1 heterocycles. The van der Waals surface area contributed by atoms with E-state index in [1.165, 1.54) is 18.2 Å². The van der Waals surface area contributed by atoms with Crippen molar-refractivity contribution in [2.75, 3.05) is 35.3 Å². The molecule has 35 heavy (non-hydrogen) atoms. The highest BCUT2D eigenvalue weighted by atomic mass is 79.9. The topological polar surface area (TPSA) is 131 Å². The van der Waals surface area contributed by atoms with Crippen molar-refractivity contribution < 1.29 is 23.9 Å². The van der Waals surface area contributed by atoms with E-state index in [9.17, 15) is 19.2 Å². The predicted molar refractivity (Wildman–Crippen MR) is 135 cm³/mol. The number of primary amides is 1. The monoisotopic (exact) mass is 536 g/mol. The Labute approximate surface area is 209 Å². The smallest absolute Gasteiger partial charge is 0.255 e. The fourth-order valence-corrected chi connectivity index (χ4v) is 3.75. The average Bonchev–Trinajstić information content (AvgIpc) is 2.85. The van der Waals surface area contributed by atoms with Crippen molar-refractivity contribution in [2.45, 2.75) is 0 Å². The standard InChI is InChI=1S/C25H21BrN4O5/c26-18-6-1-15(2-7-18)25(34)29-21-13-17(23(27)32)5-10-20(21)28-24(33)16-3-8-19(9-4-16)30-11-12-35-14-22(30)31/h1-10,13H,11-12,14H2,(H2,27,32)(H,28,33)(H,29,34). The van der Waals surface area contributed by atoms with E-state index in [2.05, 4.69) is 26.6 Å². The van der Waals surface area contributed by atoms with Crippen molar-refractivity contribution in [2.24, 2.45) is 5.73 Å². The van der Waals surface area contributed by atoms with Gasteiger partial charge in [-0.3, -0.25) is 19.2 Å². The zero-order valence-electron chi connectivity index (χ0n) is 18.4. The maximum absolute atomic E-state index is 12.9. The molecule has 1 aliphatic rings. The molecule has 0 unspecified atom stereocenters. The molecule has 1 saturated heterocycles. The molecule has 4 amide bonds. The van der Waals surface area contributed by atoms with E-state index in [1.807, 2.05) is 0 Å². The number of ether oxygens (including phenoxy) is 1. The molecule has 4 rings (SSSR count). The van der Waals surface area contributed by atoms with Crippen molar-refractivity contribution in [1.29, 1.82) is 0 Å². The average molecular weight is 537 g/mol. The van der Waals surface area contributed by atoms with Crippen LogP contribution in [0.15, 0.2) is 71.2 Å². The molecule has 0 aromatic heterocycles. The van der Waals surface area contributed by atoms with E-state index in [0.29, 0.717) is 30.0 Å². The number of rotatable bonds is 6. The van der Waals surface area contributed by atoms with Gasteiger partial charge in [-0.1, -0.05) is 15.9 Å². The quantitative estimate of drug-likeness (QED) is 0.444. The molecule has 0 spiro atoms. The molecule has 0 aliphatic carbocycles. The summed E-state index contributed by atoms with van der Waals surface area (Å²) in [4.78, 5) is 50.9. The van der Waals surface area contributed by atoms with Crippen molar-refractivity contribution in [1.82, 2.24) is 0 Å². The van der Waals surface area contributed by atoms with Gasteiger partial charge in [0.05, 0.1) is 18.0 Å². The number of nitrogens with zero attached hydrogens (tertiary/aromatic N) is 1. The van der Waals surface area contributed by atoms with Crippen LogP contribution in [-0.2, 0) is 9.53 Å². The van der Waals surface area contributed by atoms with E-state index in [0.717, 1.165) is 4.47 Å². The van der Waals surface area contributed by atoms with Gasteiger partial charge >= 0.3 is 0 Å². The number of nitrogens with two attached hydrogens (primary N) is 1. The lowest BCUT2D eigenvalue weighted by atomic mass is 10.1. The molecule has 1 fully saturated rings. The molecular weight excluding hydrogens is 516 g/mol. The first-order valence-electron chi connectivity index (χ1n) is 10.6. The van der Waals surface area contributed by atoms with Gasteiger partial charge in [0.2, 0.25) is 5.91 Å². The molecule has 1 aliphatic heterocycles. The Hall–Kier alpha value is -4.02. The second kappa shape index (κ2) is 10.5. The molecule has 3 aromatic carbocycles. The third-order valence-electron chi connectivity index (χ3n) is 5.33. The molecule has 0 atom stereocenters. The minimum absolute atomic E-state index is 0.0261. The van der Waals surface area contributed by atoms with Gasteiger partial charge < -0.3 is 26.0 Å². The Bertz CT molecular complexity index is 1290. The number of nitrogens with one attached hydrogen (secondary N) is 2. The number of carbonyl (C=O) groups is 4. The van der Waals surface area contributed by atoms with Crippen LogP contribution in [0.5, 0.6) is 0 Å². The molecule has 4 N–H and O–H groups in total. The van der Waals surface area contributed by atoms with Crippen LogP contribution in [0.4, 0.5) is 17.1 Å². The van der Waals surface area contributed by atoms with E-state index in [1.54, 1.807) is 53.4 Å². The van der Waals surface area contributed by atoms with Crippen molar-refractivity contribution >= 4 is 56.6 Å². The summed E-state index contributed by atoms with van der Waals surface area (Å²) < 4.78 is 5.96. The predicted octanol–water partition coefficient (Wildman–Crippen LogP) is 3.42. The normalized spacial score (nSPS) is 13.3. The Kier molecular flexibility index (Phi) is 7.23. The number of hydrogen-bond acceptors (Lipinski definition) is 5. The first-order valence-corrected chi connectivity index (χ1v) is 11.4. The van der Waals surface area contributed by atoms with Gasteiger partial charge in [-0.05, 0) is 66.7 Å². The van der Waals surface area contributed by atoms with Gasteiger partial charge in [0.25, 0.3) is 17.7 Å². The van der Waals surface area contributed by atoms with E-state index < -0.39 is 17.7 Å². The summed E-state index contributed by atoms with van der Waals surface area (Å²) in [6.07, 6.45) is 0. The minimum atomic E-state index is -0.671. The number of morpholine rings is 1. The summed E-state index contributed by atoms with van der Waals surface area (Å²) in [6.45, 7) is 0.917. The Morgan fingerprint density at radius 3 is 2.00 bits per heavy atom. The molecular formula is C25H21BrN4O5. The molecule has 9 nitrogen and oxygen atoms in total. The Morgan fingerprint density at radius 2 is 1.40 bits per heavy atom. The van der Waals surface area contributed by atoms with Crippen LogP contribution in [0.2, 0.25) is 0 Å². The highest BCUT2D eigenvalue weighted by Crippen LogP contribution is 2.26. The summed E-state index contributed by atoms with van der Waals surface area (Å²) in [6, 6.07) is 17.7. The third kappa shape index (κ3) is 5.73. The molecule has 10 heteroatoms. The van der Waals surface area contributed by atoms with Crippen LogP contribution >= 0.6 is 15.9 Å². The van der Waals surface area contributed by atoms with Crippen LogP contribution in [-0.4, -0.2) is 43.4 Å². The zero-order valence-corrected chi connectivity index (χ0v) is 20.0. The molecule has 0 bridgehead atoms. The molecule has 3 aromatic rings. The van der Waals surface area contributed by atoms with Crippen LogP contribution < -0.4 is 21.3 Å². The number of anilines is 3. The number of halogens is 1. The van der Waals surface area contributed by atoms with Gasteiger partial charge in [0.15, 0.2) is 0 Å². The summed E-state index contributed by atoms with van der Waals surface area (Å²) in [5, 5.41) is 5.48. The fraction of sp³-hybridized carbons (Fsp3) is 0.120. The van der Waals surface area contributed by atoms with Crippen molar-refractivity contribution in [3.05, 3.63) is 87.9 Å².